The molecule has 0 heterocycles. The molecule has 0 saturated heterocycles. The molecular weight excluding hydrogens is 314 g/mol. The van der Waals surface area contributed by atoms with Gasteiger partial charge >= 0.3 is 0 Å². The maximum absolute atomic E-state index is 11.1. The second-order valence-corrected chi connectivity index (χ2v) is 8.66. The van der Waals surface area contributed by atoms with E-state index in [1.165, 1.54) is 0 Å². The normalized spacial score (nSPS) is 50.4. The molecule has 4 unspecified atom stereocenters. The van der Waals surface area contributed by atoms with Gasteiger partial charge in [-0.25, -0.2) is 0 Å². The number of nitrogens with zero attached hydrogens (tertiary/aromatic N) is 1. The molecule has 0 aromatic heterocycles. The Morgan fingerprint density at radius 1 is 1.28 bits per heavy atom. The minimum Gasteiger partial charge on any atom is -0.411 e. The lowest BCUT2D eigenvalue weighted by Crippen LogP contribution is -2.55. The Bertz CT molecular complexity index is 663. The van der Waals surface area contributed by atoms with Crippen molar-refractivity contribution < 1.29 is 15.4 Å². The summed E-state index contributed by atoms with van der Waals surface area (Å²) in [4.78, 5) is 0. The zero-order valence-electron chi connectivity index (χ0n) is 15.0. The fraction of sp³-hybridized carbons (Fsp3) is 0.762. The SMILES string of the molecule is C#C[C@]1(O)CCC2C3C[C@H](O)C4=C/C(=N/O)CCC4C3CC[C@@]21CC. The predicted molar refractivity (Wildman–Crippen MR) is 96.1 cm³/mol. The van der Waals surface area contributed by atoms with Crippen LogP contribution in [0.15, 0.2) is 16.8 Å². The summed E-state index contributed by atoms with van der Waals surface area (Å²) in [5.41, 5.74) is 0.581. The van der Waals surface area contributed by atoms with Gasteiger partial charge < -0.3 is 15.4 Å². The molecule has 4 aliphatic rings. The lowest BCUT2D eigenvalue weighted by atomic mass is 9.49. The van der Waals surface area contributed by atoms with Crippen LogP contribution in [-0.2, 0) is 0 Å². The summed E-state index contributed by atoms with van der Waals surface area (Å²) in [5.74, 6) is 4.52. The Hall–Kier alpha value is -1.31. The van der Waals surface area contributed by atoms with E-state index in [1.807, 2.05) is 6.08 Å². The molecule has 0 bridgehead atoms. The van der Waals surface area contributed by atoms with E-state index >= 15 is 0 Å². The van der Waals surface area contributed by atoms with E-state index in [0.717, 1.165) is 50.5 Å². The molecule has 4 heteroatoms. The van der Waals surface area contributed by atoms with E-state index in [2.05, 4.69) is 18.0 Å². The molecule has 136 valence electrons. The molecule has 3 N–H and O–H groups in total. The lowest BCUT2D eigenvalue weighted by molar-refractivity contribution is -0.108. The van der Waals surface area contributed by atoms with Crippen molar-refractivity contribution in [3.63, 3.8) is 0 Å². The molecule has 0 aromatic carbocycles. The molecule has 25 heavy (non-hydrogen) atoms. The van der Waals surface area contributed by atoms with E-state index in [1.54, 1.807) is 0 Å². The minimum absolute atomic E-state index is 0.184. The van der Waals surface area contributed by atoms with E-state index in [0.29, 0.717) is 35.8 Å². The first-order valence-corrected chi connectivity index (χ1v) is 9.80. The van der Waals surface area contributed by atoms with Crippen molar-refractivity contribution in [3.05, 3.63) is 11.6 Å². The number of rotatable bonds is 1. The van der Waals surface area contributed by atoms with Gasteiger partial charge in [-0.05, 0) is 86.7 Å². The number of hydrogen-bond donors (Lipinski definition) is 3. The molecular formula is C21H29NO3. The molecule has 7 atom stereocenters. The molecule has 4 rings (SSSR count). The van der Waals surface area contributed by atoms with Gasteiger partial charge in [0.1, 0.15) is 5.60 Å². The van der Waals surface area contributed by atoms with Crippen LogP contribution >= 0.6 is 0 Å². The summed E-state index contributed by atoms with van der Waals surface area (Å²) < 4.78 is 0. The quantitative estimate of drug-likeness (QED) is 0.389. The highest BCUT2D eigenvalue weighted by molar-refractivity contribution is 5.96. The molecule has 3 fully saturated rings. The number of oxime groups is 1. The first-order valence-electron chi connectivity index (χ1n) is 9.80. The number of aliphatic hydroxyl groups is 2. The average molecular weight is 343 g/mol. The van der Waals surface area contributed by atoms with E-state index in [9.17, 15) is 10.2 Å². The minimum atomic E-state index is -0.984. The molecule has 4 aliphatic carbocycles. The third-order valence-electron chi connectivity index (χ3n) is 8.21. The van der Waals surface area contributed by atoms with Crippen LogP contribution in [0.1, 0.15) is 58.3 Å². The largest absolute Gasteiger partial charge is 0.411 e. The second kappa shape index (κ2) is 5.86. The third kappa shape index (κ3) is 2.18. The number of allylic oxidation sites excluding steroid dienone is 1. The Morgan fingerprint density at radius 3 is 2.76 bits per heavy atom. The predicted octanol–water partition coefficient (Wildman–Crippen LogP) is 3.11. The number of fused-ring (bicyclic) bond motifs is 5. The smallest absolute Gasteiger partial charge is 0.131 e. The monoisotopic (exact) mass is 343 g/mol. The van der Waals surface area contributed by atoms with Crippen molar-refractivity contribution in [1.82, 2.24) is 0 Å². The summed E-state index contributed by atoms with van der Waals surface area (Å²) in [5, 5.41) is 34.4. The third-order valence-corrected chi connectivity index (χ3v) is 8.21. The summed E-state index contributed by atoms with van der Waals surface area (Å²) in [7, 11) is 0. The summed E-state index contributed by atoms with van der Waals surface area (Å²) >= 11 is 0. The van der Waals surface area contributed by atoms with Crippen LogP contribution in [0.3, 0.4) is 0 Å². The van der Waals surface area contributed by atoms with Gasteiger partial charge in [-0.3, -0.25) is 0 Å². The first-order chi connectivity index (χ1) is 12.0. The van der Waals surface area contributed by atoms with Crippen LogP contribution in [0.2, 0.25) is 0 Å². The van der Waals surface area contributed by atoms with Crippen molar-refractivity contribution in [2.45, 2.75) is 70.0 Å². The van der Waals surface area contributed by atoms with Crippen LogP contribution in [0.4, 0.5) is 0 Å². The fourth-order valence-corrected chi connectivity index (χ4v) is 7.05. The van der Waals surface area contributed by atoms with E-state index < -0.39 is 11.7 Å². The second-order valence-electron chi connectivity index (χ2n) is 8.66. The molecule has 0 radical (unpaired) electrons. The fourth-order valence-electron chi connectivity index (χ4n) is 7.05. The molecule has 0 aromatic rings. The molecule has 4 nitrogen and oxygen atoms in total. The zero-order chi connectivity index (χ0) is 17.8. The molecule has 0 aliphatic heterocycles. The highest BCUT2D eigenvalue weighted by Crippen LogP contribution is 2.66. The Kier molecular flexibility index (Phi) is 4.01. The van der Waals surface area contributed by atoms with Gasteiger partial charge in [0.25, 0.3) is 0 Å². The zero-order valence-corrected chi connectivity index (χ0v) is 15.0. The number of hydrogen-bond acceptors (Lipinski definition) is 4. The van der Waals surface area contributed by atoms with Gasteiger partial charge in [-0.15, -0.1) is 6.42 Å². The van der Waals surface area contributed by atoms with Gasteiger partial charge in [0.2, 0.25) is 0 Å². The van der Waals surface area contributed by atoms with Crippen LogP contribution in [-0.4, -0.2) is 32.8 Å². The summed E-state index contributed by atoms with van der Waals surface area (Å²) in [6.45, 7) is 2.16. The van der Waals surface area contributed by atoms with Crippen LogP contribution in [0, 0.1) is 41.4 Å². The number of terminal acetylenes is 1. The van der Waals surface area contributed by atoms with Gasteiger partial charge in [0, 0.05) is 5.41 Å². The molecule has 3 saturated carbocycles. The summed E-state index contributed by atoms with van der Waals surface area (Å²) in [6.07, 6.45) is 14.3. The summed E-state index contributed by atoms with van der Waals surface area (Å²) in [6, 6.07) is 0. The van der Waals surface area contributed by atoms with Crippen molar-refractivity contribution in [1.29, 1.82) is 0 Å². The topological polar surface area (TPSA) is 73.0 Å². The van der Waals surface area contributed by atoms with Crippen molar-refractivity contribution in [2.24, 2.45) is 34.2 Å². The van der Waals surface area contributed by atoms with Crippen LogP contribution in [0.25, 0.3) is 0 Å². The molecule has 0 spiro atoms. The van der Waals surface area contributed by atoms with Gasteiger partial charge in [-0.1, -0.05) is 18.0 Å². The first kappa shape index (κ1) is 17.1. The van der Waals surface area contributed by atoms with Crippen molar-refractivity contribution in [2.75, 3.05) is 0 Å². The van der Waals surface area contributed by atoms with E-state index in [-0.39, 0.29) is 5.41 Å². The Balaban J connectivity index is 1.69. The van der Waals surface area contributed by atoms with Crippen molar-refractivity contribution >= 4 is 5.71 Å². The lowest BCUT2D eigenvalue weighted by Gasteiger charge is -2.56. The Morgan fingerprint density at radius 2 is 2.08 bits per heavy atom. The van der Waals surface area contributed by atoms with Gasteiger partial charge in [0.15, 0.2) is 0 Å². The standard InChI is InChI=1S/C21H29NO3/c1-3-20-9-7-15-14-6-5-13(22-25)11-17(14)19(23)12-16(15)18(20)8-10-21(20,24)4-2/h2,11,14-16,18-19,23-25H,3,5-10,12H2,1H3/b22-13+/t14?,15?,16?,18?,19-,20-,21-/m0/s1. The maximum Gasteiger partial charge on any atom is 0.131 e. The van der Waals surface area contributed by atoms with Crippen molar-refractivity contribution in [3.8, 4) is 12.3 Å². The number of aliphatic hydroxyl groups excluding tert-OH is 1. The molecule has 0 amide bonds. The van der Waals surface area contributed by atoms with Crippen LogP contribution in [0.5, 0.6) is 0 Å². The highest BCUT2D eigenvalue weighted by atomic mass is 16.4. The maximum atomic E-state index is 11.1. The Labute approximate surface area is 150 Å². The highest BCUT2D eigenvalue weighted by Gasteiger charge is 2.63. The van der Waals surface area contributed by atoms with E-state index in [4.69, 9.17) is 11.6 Å². The van der Waals surface area contributed by atoms with Gasteiger partial charge in [-0.2, -0.15) is 0 Å². The van der Waals surface area contributed by atoms with Gasteiger partial charge in [0.05, 0.1) is 11.8 Å². The average Bonchev–Trinajstić information content (AvgIpc) is 2.95. The van der Waals surface area contributed by atoms with Crippen LogP contribution < -0.4 is 0 Å².